The van der Waals surface area contributed by atoms with Crippen LogP contribution in [0.5, 0.6) is 0 Å². The molecule has 1 aromatic heterocycles. The third kappa shape index (κ3) is 4.81. The van der Waals surface area contributed by atoms with E-state index in [1.807, 2.05) is 44.2 Å². The minimum Gasteiger partial charge on any atom is -0.324 e. The number of nitrogens with one attached hydrogen (secondary N) is 2. The zero-order valence-electron chi connectivity index (χ0n) is 17.4. The van der Waals surface area contributed by atoms with Gasteiger partial charge in [-0.05, 0) is 43.2 Å². The second kappa shape index (κ2) is 9.09. The number of amides is 4. The Bertz CT molecular complexity index is 1240. The number of hydrogen-bond acceptors (Lipinski definition) is 7. The maximum atomic E-state index is 12.6. The lowest BCUT2D eigenvalue weighted by Gasteiger charge is -2.14. The lowest BCUT2D eigenvalue weighted by Crippen LogP contribution is -2.38. The standard InChI is InChI=1S/C22H20N4O4S2/c1-12-7-8-15-16(9-12)31-21(24-15)25-18(27)10-17-20(29)26(22(30)32-17)11-19(28)23-14-6-4-3-5-13(14)2/h3-9,17H,10-11H2,1-2H3,(H,23,28)(H,24,25,27)/t17-/m0/s1. The Morgan fingerprint density at radius 1 is 1.06 bits per heavy atom. The van der Waals surface area contributed by atoms with E-state index < -0.39 is 34.8 Å². The molecule has 1 aliphatic rings. The minimum absolute atomic E-state index is 0.180. The summed E-state index contributed by atoms with van der Waals surface area (Å²) < 4.78 is 0.952. The number of nitrogens with zero attached hydrogens (tertiary/aromatic N) is 2. The van der Waals surface area contributed by atoms with E-state index in [0.717, 1.165) is 38.0 Å². The molecule has 0 bridgehead atoms. The lowest BCUT2D eigenvalue weighted by molar-refractivity contribution is -0.131. The zero-order valence-corrected chi connectivity index (χ0v) is 19.0. The van der Waals surface area contributed by atoms with Gasteiger partial charge in [0.25, 0.3) is 5.24 Å². The van der Waals surface area contributed by atoms with Gasteiger partial charge in [-0.3, -0.25) is 24.1 Å². The van der Waals surface area contributed by atoms with E-state index in [4.69, 9.17) is 0 Å². The van der Waals surface area contributed by atoms with Gasteiger partial charge in [-0.2, -0.15) is 0 Å². The molecular weight excluding hydrogens is 448 g/mol. The Morgan fingerprint density at radius 3 is 2.62 bits per heavy atom. The van der Waals surface area contributed by atoms with Gasteiger partial charge in [0.15, 0.2) is 5.13 Å². The Morgan fingerprint density at radius 2 is 1.84 bits per heavy atom. The molecule has 2 N–H and O–H groups in total. The number of carbonyl (C=O) groups is 4. The second-order valence-electron chi connectivity index (χ2n) is 7.40. The number of hydrogen-bond donors (Lipinski definition) is 2. The first kappa shape index (κ1) is 22.0. The quantitative estimate of drug-likeness (QED) is 0.567. The van der Waals surface area contributed by atoms with Gasteiger partial charge in [-0.25, -0.2) is 4.98 Å². The highest BCUT2D eigenvalue weighted by Crippen LogP contribution is 2.31. The molecule has 2 aromatic carbocycles. The lowest BCUT2D eigenvalue weighted by atomic mass is 10.2. The molecule has 10 heteroatoms. The van der Waals surface area contributed by atoms with Crippen molar-refractivity contribution < 1.29 is 19.2 Å². The van der Waals surface area contributed by atoms with Crippen molar-refractivity contribution in [1.29, 1.82) is 0 Å². The van der Waals surface area contributed by atoms with Crippen molar-refractivity contribution >= 4 is 67.1 Å². The number of anilines is 2. The number of carbonyl (C=O) groups excluding carboxylic acids is 4. The molecule has 32 heavy (non-hydrogen) atoms. The van der Waals surface area contributed by atoms with E-state index in [1.165, 1.54) is 11.3 Å². The van der Waals surface area contributed by atoms with Crippen molar-refractivity contribution in [3.63, 3.8) is 0 Å². The third-order valence-electron chi connectivity index (χ3n) is 4.89. The first-order valence-electron chi connectivity index (χ1n) is 9.84. The van der Waals surface area contributed by atoms with Crippen LogP contribution in [0.15, 0.2) is 42.5 Å². The van der Waals surface area contributed by atoms with Crippen LogP contribution < -0.4 is 10.6 Å². The minimum atomic E-state index is -0.870. The molecule has 8 nitrogen and oxygen atoms in total. The molecule has 0 aliphatic carbocycles. The molecule has 1 saturated heterocycles. The summed E-state index contributed by atoms with van der Waals surface area (Å²) in [7, 11) is 0. The fourth-order valence-corrected chi connectivity index (χ4v) is 5.21. The summed E-state index contributed by atoms with van der Waals surface area (Å²) in [6.07, 6.45) is -0.180. The molecule has 4 rings (SSSR count). The number of aromatic nitrogens is 1. The molecular formula is C22H20N4O4S2. The first-order chi connectivity index (χ1) is 15.3. The zero-order chi connectivity index (χ0) is 22.8. The first-order valence-corrected chi connectivity index (χ1v) is 11.5. The molecule has 0 spiro atoms. The summed E-state index contributed by atoms with van der Waals surface area (Å²) in [5.41, 5.74) is 3.36. The van der Waals surface area contributed by atoms with Crippen LogP contribution in [0.2, 0.25) is 0 Å². The average molecular weight is 469 g/mol. The van der Waals surface area contributed by atoms with Gasteiger partial charge in [-0.1, -0.05) is 47.4 Å². The summed E-state index contributed by atoms with van der Waals surface area (Å²) in [5.74, 6) is -1.43. The van der Waals surface area contributed by atoms with Crippen LogP contribution >= 0.6 is 23.1 Å². The van der Waals surface area contributed by atoms with Crippen LogP contribution in [0.1, 0.15) is 17.5 Å². The van der Waals surface area contributed by atoms with E-state index in [2.05, 4.69) is 15.6 Å². The molecule has 0 saturated carbocycles. The number of thiazole rings is 1. The van der Waals surface area contributed by atoms with E-state index in [1.54, 1.807) is 12.1 Å². The molecule has 1 atom stereocenters. The maximum Gasteiger partial charge on any atom is 0.289 e. The van der Waals surface area contributed by atoms with Gasteiger partial charge in [-0.15, -0.1) is 0 Å². The Labute approximate surface area is 192 Å². The van der Waals surface area contributed by atoms with Crippen LogP contribution in [0, 0.1) is 13.8 Å². The highest BCUT2D eigenvalue weighted by atomic mass is 32.2. The highest BCUT2D eigenvalue weighted by Gasteiger charge is 2.41. The summed E-state index contributed by atoms with van der Waals surface area (Å²) in [5, 5.41) is 4.43. The average Bonchev–Trinajstić information content (AvgIpc) is 3.24. The predicted octanol–water partition coefficient (Wildman–Crippen LogP) is 3.94. The van der Waals surface area contributed by atoms with E-state index in [9.17, 15) is 19.2 Å². The van der Waals surface area contributed by atoms with Crippen molar-refractivity contribution in [3.8, 4) is 0 Å². The van der Waals surface area contributed by atoms with Gasteiger partial charge < -0.3 is 10.6 Å². The highest BCUT2D eigenvalue weighted by molar-refractivity contribution is 8.15. The maximum absolute atomic E-state index is 12.6. The third-order valence-corrected chi connectivity index (χ3v) is 6.90. The molecule has 4 amide bonds. The van der Waals surface area contributed by atoms with Crippen molar-refractivity contribution in [2.75, 3.05) is 17.2 Å². The van der Waals surface area contributed by atoms with Gasteiger partial charge in [0, 0.05) is 12.1 Å². The summed E-state index contributed by atoms with van der Waals surface area (Å²) >= 11 is 2.10. The molecule has 164 valence electrons. The van der Waals surface area contributed by atoms with Gasteiger partial charge in [0.1, 0.15) is 11.8 Å². The number of aryl methyl sites for hydroxylation is 2. The van der Waals surface area contributed by atoms with E-state index in [0.29, 0.717) is 10.8 Å². The van der Waals surface area contributed by atoms with E-state index in [-0.39, 0.29) is 6.42 Å². The number of para-hydroxylation sites is 1. The molecule has 2 heterocycles. The van der Waals surface area contributed by atoms with E-state index >= 15 is 0 Å². The van der Waals surface area contributed by atoms with Gasteiger partial charge in [0.2, 0.25) is 17.7 Å². The largest absolute Gasteiger partial charge is 0.324 e. The van der Waals surface area contributed by atoms with Gasteiger partial charge in [0.05, 0.1) is 10.2 Å². The number of benzene rings is 2. The molecule has 0 radical (unpaired) electrons. The summed E-state index contributed by atoms with van der Waals surface area (Å²) in [4.78, 5) is 55.0. The topological polar surface area (TPSA) is 108 Å². The Kier molecular flexibility index (Phi) is 6.24. The molecule has 1 fully saturated rings. The van der Waals surface area contributed by atoms with Crippen molar-refractivity contribution in [3.05, 3.63) is 53.6 Å². The van der Waals surface area contributed by atoms with Crippen LogP contribution in [0.4, 0.5) is 15.6 Å². The number of fused-ring (bicyclic) bond motifs is 1. The SMILES string of the molecule is Cc1ccc2nc(NC(=O)C[C@@H]3SC(=O)N(CC(=O)Nc4ccccc4C)C3=O)sc2c1. The number of imide groups is 1. The predicted molar refractivity (Wildman–Crippen MR) is 126 cm³/mol. The molecule has 3 aromatic rings. The monoisotopic (exact) mass is 468 g/mol. The fourth-order valence-electron chi connectivity index (χ4n) is 3.24. The van der Waals surface area contributed by atoms with Crippen molar-refractivity contribution in [2.45, 2.75) is 25.5 Å². The van der Waals surface area contributed by atoms with Crippen LogP contribution in [0.3, 0.4) is 0 Å². The second-order valence-corrected chi connectivity index (χ2v) is 9.59. The number of rotatable bonds is 6. The number of thioether (sulfide) groups is 1. The smallest absolute Gasteiger partial charge is 0.289 e. The van der Waals surface area contributed by atoms with Gasteiger partial charge >= 0.3 is 0 Å². The summed E-state index contributed by atoms with van der Waals surface area (Å²) in [6.45, 7) is 3.43. The Balaban J connectivity index is 1.35. The normalized spacial score (nSPS) is 15.9. The molecule has 1 aliphatic heterocycles. The Hall–Kier alpha value is -3.24. The van der Waals surface area contributed by atoms with Crippen LogP contribution in [0.25, 0.3) is 10.2 Å². The fraction of sp³-hybridized carbons (Fsp3) is 0.227. The van der Waals surface area contributed by atoms with Crippen molar-refractivity contribution in [2.24, 2.45) is 0 Å². The summed E-state index contributed by atoms with van der Waals surface area (Å²) in [6, 6.07) is 13.0. The molecule has 0 unspecified atom stereocenters. The van der Waals surface area contributed by atoms with Crippen LogP contribution in [-0.4, -0.2) is 44.6 Å². The van der Waals surface area contributed by atoms with Crippen molar-refractivity contribution in [1.82, 2.24) is 9.88 Å². The van der Waals surface area contributed by atoms with Crippen LogP contribution in [-0.2, 0) is 14.4 Å².